The maximum Gasteiger partial charge on any atom is 0.257 e. The number of amides is 1. The number of aliphatic hydroxyl groups is 1. The third kappa shape index (κ3) is 1.96. The fraction of sp³-hybridized carbons (Fsp3) is 0.200. The van der Waals surface area contributed by atoms with Gasteiger partial charge in [0.2, 0.25) is 0 Å². The first kappa shape index (κ1) is 13.5. The normalized spacial score (nSPS) is 24.3. The number of hydrogen-bond donors (Lipinski definition) is 3. The van der Waals surface area contributed by atoms with Crippen LogP contribution in [0, 0.1) is 0 Å². The molecule has 0 saturated heterocycles. The van der Waals surface area contributed by atoms with Gasteiger partial charge < -0.3 is 20.9 Å². The Morgan fingerprint density at radius 2 is 2.19 bits per heavy atom. The number of nitrogen functional groups attached to an aromatic ring is 1. The average Bonchev–Trinajstić information content (AvgIpc) is 2.49. The highest BCUT2D eigenvalue weighted by Crippen LogP contribution is 2.42. The number of aromatic nitrogens is 1. The minimum absolute atomic E-state index is 0.332. The molecule has 1 amide bonds. The summed E-state index contributed by atoms with van der Waals surface area (Å²) in [5.74, 6) is -0.428. The van der Waals surface area contributed by atoms with Crippen LogP contribution in [-0.2, 0) is 15.1 Å². The van der Waals surface area contributed by atoms with Gasteiger partial charge in [0.05, 0.1) is 5.69 Å². The van der Waals surface area contributed by atoms with Gasteiger partial charge in [-0.15, -0.1) is 0 Å². The molecule has 0 bridgehead atoms. The maximum atomic E-state index is 12.2. The van der Waals surface area contributed by atoms with Crippen LogP contribution >= 0.6 is 0 Å². The van der Waals surface area contributed by atoms with Crippen LogP contribution in [0.25, 0.3) is 0 Å². The topological polar surface area (TPSA) is 97.5 Å². The second kappa shape index (κ2) is 4.83. The van der Waals surface area contributed by atoms with Crippen LogP contribution in [0.4, 0.5) is 11.4 Å². The number of nitrogens with two attached hydrogens (primary N) is 1. The van der Waals surface area contributed by atoms with Crippen LogP contribution in [0.2, 0.25) is 0 Å². The number of hydrogen-bond acceptors (Lipinski definition) is 5. The van der Waals surface area contributed by atoms with Crippen molar-refractivity contribution in [3.05, 3.63) is 53.9 Å². The minimum Gasteiger partial charge on any atom is -0.399 e. The van der Waals surface area contributed by atoms with Crippen molar-refractivity contribution in [2.75, 3.05) is 18.2 Å². The van der Waals surface area contributed by atoms with Crippen molar-refractivity contribution >= 4 is 17.3 Å². The smallest absolute Gasteiger partial charge is 0.257 e. The zero-order valence-electron chi connectivity index (χ0n) is 11.4. The number of pyridine rings is 1. The van der Waals surface area contributed by atoms with Gasteiger partial charge in [-0.1, -0.05) is 6.07 Å². The standard InChI is InChI=1S/C15H15N3O3/c1-21-13-14(19)18-11-6-5-9(16)8-10(11)15(13,20)12-4-2-3-7-17-12/h2-8,13,20H,16H2,1H3,(H,18,19). The van der Waals surface area contributed by atoms with E-state index in [4.69, 9.17) is 10.5 Å². The molecule has 21 heavy (non-hydrogen) atoms. The number of methoxy groups -OCH3 is 1. The molecule has 1 aromatic carbocycles. The molecular formula is C15H15N3O3. The number of nitrogens with zero attached hydrogens (tertiary/aromatic N) is 1. The molecule has 4 N–H and O–H groups in total. The summed E-state index contributed by atoms with van der Waals surface area (Å²) in [5.41, 5.74) is 5.90. The molecule has 1 aliphatic rings. The fourth-order valence-electron chi connectivity index (χ4n) is 2.65. The van der Waals surface area contributed by atoms with Gasteiger partial charge in [-0.25, -0.2) is 0 Å². The predicted octanol–water partition coefficient (Wildman–Crippen LogP) is 0.867. The zero-order valence-corrected chi connectivity index (χ0v) is 11.4. The molecule has 6 nitrogen and oxygen atoms in total. The van der Waals surface area contributed by atoms with E-state index < -0.39 is 17.6 Å². The van der Waals surface area contributed by atoms with Crippen LogP contribution in [0.1, 0.15) is 11.3 Å². The summed E-state index contributed by atoms with van der Waals surface area (Å²) in [5, 5.41) is 14.0. The van der Waals surface area contributed by atoms with E-state index >= 15 is 0 Å². The number of ether oxygens (including phenoxy) is 1. The second-order valence-electron chi connectivity index (χ2n) is 4.89. The first-order valence-electron chi connectivity index (χ1n) is 6.45. The van der Waals surface area contributed by atoms with E-state index in [0.29, 0.717) is 22.6 Å². The van der Waals surface area contributed by atoms with Crippen molar-refractivity contribution < 1.29 is 14.6 Å². The van der Waals surface area contributed by atoms with Gasteiger partial charge in [-0.05, 0) is 30.3 Å². The Hall–Kier alpha value is -2.44. The quantitative estimate of drug-likeness (QED) is 0.711. The summed E-state index contributed by atoms with van der Waals surface area (Å²) < 4.78 is 5.23. The SMILES string of the molecule is COC1C(=O)Nc2ccc(N)cc2C1(O)c1ccccn1. The fourth-order valence-corrected chi connectivity index (χ4v) is 2.65. The Labute approximate surface area is 121 Å². The summed E-state index contributed by atoms with van der Waals surface area (Å²) in [4.78, 5) is 16.4. The minimum atomic E-state index is -1.69. The first-order valence-corrected chi connectivity index (χ1v) is 6.45. The van der Waals surface area contributed by atoms with Crippen LogP contribution < -0.4 is 11.1 Å². The molecule has 2 heterocycles. The molecule has 0 fully saturated rings. The molecule has 2 aromatic rings. The number of carbonyl (C=O) groups excluding carboxylic acids is 1. The molecule has 1 aliphatic heterocycles. The molecule has 0 saturated carbocycles. The van der Waals surface area contributed by atoms with E-state index in [1.54, 1.807) is 42.6 Å². The largest absolute Gasteiger partial charge is 0.399 e. The highest BCUT2D eigenvalue weighted by molar-refractivity contribution is 5.99. The van der Waals surface area contributed by atoms with Gasteiger partial charge in [0.15, 0.2) is 11.7 Å². The molecule has 6 heteroatoms. The summed E-state index contributed by atoms with van der Waals surface area (Å²) in [6, 6.07) is 10.1. The summed E-state index contributed by atoms with van der Waals surface area (Å²) in [6.07, 6.45) is 0.445. The van der Waals surface area contributed by atoms with Gasteiger partial charge in [-0.2, -0.15) is 0 Å². The molecule has 2 atom stereocenters. The Balaban J connectivity index is 2.29. The van der Waals surface area contributed by atoms with Gasteiger partial charge in [0, 0.05) is 30.2 Å². The number of rotatable bonds is 2. The van der Waals surface area contributed by atoms with Gasteiger partial charge >= 0.3 is 0 Å². The third-order valence-corrected chi connectivity index (χ3v) is 3.62. The Kier molecular flexibility index (Phi) is 3.12. The van der Waals surface area contributed by atoms with Crippen molar-refractivity contribution in [3.63, 3.8) is 0 Å². The monoisotopic (exact) mass is 285 g/mol. The lowest BCUT2D eigenvalue weighted by molar-refractivity contribution is -0.142. The number of fused-ring (bicyclic) bond motifs is 1. The zero-order chi connectivity index (χ0) is 15.0. The van der Waals surface area contributed by atoms with E-state index in [1.165, 1.54) is 7.11 Å². The van der Waals surface area contributed by atoms with E-state index in [9.17, 15) is 9.90 Å². The predicted molar refractivity (Wildman–Crippen MR) is 77.5 cm³/mol. The molecule has 0 radical (unpaired) electrons. The van der Waals surface area contributed by atoms with E-state index in [0.717, 1.165) is 0 Å². The van der Waals surface area contributed by atoms with Crippen molar-refractivity contribution in [1.29, 1.82) is 0 Å². The Bertz CT molecular complexity index is 690. The van der Waals surface area contributed by atoms with Gasteiger partial charge in [0.25, 0.3) is 5.91 Å². The Morgan fingerprint density at radius 3 is 2.86 bits per heavy atom. The number of benzene rings is 1. The Morgan fingerprint density at radius 1 is 1.38 bits per heavy atom. The maximum absolute atomic E-state index is 12.2. The highest BCUT2D eigenvalue weighted by Gasteiger charge is 2.50. The van der Waals surface area contributed by atoms with Crippen LogP contribution in [-0.4, -0.2) is 29.2 Å². The lowest BCUT2D eigenvalue weighted by atomic mass is 9.80. The van der Waals surface area contributed by atoms with Crippen molar-refractivity contribution in [3.8, 4) is 0 Å². The number of nitrogens with one attached hydrogen (secondary N) is 1. The van der Waals surface area contributed by atoms with E-state index in [-0.39, 0.29) is 0 Å². The summed E-state index contributed by atoms with van der Waals surface area (Å²) >= 11 is 0. The molecule has 1 aromatic heterocycles. The lowest BCUT2D eigenvalue weighted by Gasteiger charge is -2.39. The van der Waals surface area contributed by atoms with E-state index in [1.807, 2.05) is 0 Å². The molecule has 2 unspecified atom stereocenters. The van der Waals surface area contributed by atoms with Crippen LogP contribution in [0.5, 0.6) is 0 Å². The van der Waals surface area contributed by atoms with E-state index in [2.05, 4.69) is 10.3 Å². The highest BCUT2D eigenvalue weighted by atomic mass is 16.5. The lowest BCUT2D eigenvalue weighted by Crippen LogP contribution is -2.53. The second-order valence-corrected chi connectivity index (χ2v) is 4.89. The van der Waals surface area contributed by atoms with Crippen molar-refractivity contribution in [2.24, 2.45) is 0 Å². The van der Waals surface area contributed by atoms with Crippen LogP contribution in [0.15, 0.2) is 42.6 Å². The van der Waals surface area contributed by atoms with Crippen molar-refractivity contribution in [1.82, 2.24) is 4.98 Å². The van der Waals surface area contributed by atoms with Gasteiger partial charge in [-0.3, -0.25) is 9.78 Å². The number of carbonyl (C=O) groups is 1. The summed E-state index contributed by atoms with van der Waals surface area (Å²) in [6.45, 7) is 0. The van der Waals surface area contributed by atoms with Gasteiger partial charge in [0.1, 0.15) is 0 Å². The third-order valence-electron chi connectivity index (χ3n) is 3.62. The average molecular weight is 285 g/mol. The molecule has 108 valence electrons. The first-order chi connectivity index (χ1) is 10.1. The number of anilines is 2. The van der Waals surface area contributed by atoms with Crippen molar-refractivity contribution in [2.45, 2.75) is 11.7 Å². The summed E-state index contributed by atoms with van der Waals surface area (Å²) in [7, 11) is 1.37. The molecule has 0 spiro atoms. The molecular weight excluding hydrogens is 270 g/mol. The molecule has 3 rings (SSSR count). The van der Waals surface area contributed by atoms with Crippen LogP contribution in [0.3, 0.4) is 0 Å². The molecule has 0 aliphatic carbocycles.